The van der Waals surface area contributed by atoms with Gasteiger partial charge >= 0.3 is 0 Å². The van der Waals surface area contributed by atoms with Crippen molar-refractivity contribution in [2.24, 2.45) is 0 Å². The van der Waals surface area contributed by atoms with E-state index in [1.165, 1.54) is 31.2 Å². The number of aromatic hydroxyl groups is 3. The molecule has 3 aliphatic heterocycles. The number of hydrogen-bond acceptors (Lipinski definition) is 19. The Bertz CT molecular complexity index is 1730. The van der Waals surface area contributed by atoms with Gasteiger partial charge in [-0.2, -0.15) is 0 Å². The summed E-state index contributed by atoms with van der Waals surface area (Å²) in [5, 5.41) is 114. The van der Waals surface area contributed by atoms with E-state index in [4.69, 9.17) is 32.8 Å². The van der Waals surface area contributed by atoms with Crippen LogP contribution in [0.3, 0.4) is 0 Å². The first-order valence-corrected chi connectivity index (χ1v) is 15.8. The summed E-state index contributed by atoms with van der Waals surface area (Å²) in [6.45, 7) is 0.361. The van der Waals surface area contributed by atoms with Crippen LogP contribution < -0.4 is 10.2 Å². The van der Waals surface area contributed by atoms with Crippen LogP contribution in [0.5, 0.6) is 23.0 Å². The van der Waals surface area contributed by atoms with Crippen molar-refractivity contribution >= 4 is 11.0 Å². The average Bonchev–Trinajstić information content (AvgIpc) is 3.09. The van der Waals surface area contributed by atoms with Crippen molar-refractivity contribution in [3.63, 3.8) is 0 Å². The lowest BCUT2D eigenvalue weighted by Crippen LogP contribution is -2.64. The van der Waals surface area contributed by atoms with Gasteiger partial charge < -0.3 is 89.0 Å². The Labute approximate surface area is 287 Å². The fourth-order valence-corrected chi connectivity index (χ4v) is 5.97. The molecule has 0 aliphatic carbocycles. The predicted octanol–water partition coefficient (Wildman–Crippen LogP) is -2.93. The highest BCUT2D eigenvalue weighted by Gasteiger charge is 2.51. The van der Waals surface area contributed by atoms with Gasteiger partial charge in [-0.1, -0.05) is 0 Å². The van der Waals surface area contributed by atoms with E-state index < -0.39 is 127 Å². The Kier molecular flexibility index (Phi) is 10.7. The second kappa shape index (κ2) is 14.8. The lowest BCUT2D eigenvalue weighted by molar-refractivity contribution is -0.360. The third kappa shape index (κ3) is 7.22. The van der Waals surface area contributed by atoms with Crippen molar-refractivity contribution in [1.82, 2.24) is 0 Å². The number of phenols is 3. The summed E-state index contributed by atoms with van der Waals surface area (Å²) in [4.78, 5) is 13.9. The Morgan fingerprint density at radius 1 is 0.745 bits per heavy atom. The summed E-state index contributed by atoms with van der Waals surface area (Å²) in [6.07, 6.45) is -23.6. The number of aliphatic hydroxyl groups is 8. The van der Waals surface area contributed by atoms with E-state index in [-0.39, 0.29) is 22.7 Å². The van der Waals surface area contributed by atoms with Gasteiger partial charge in [0.05, 0.1) is 19.3 Å². The highest BCUT2D eigenvalue weighted by atomic mass is 16.8. The van der Waals surface area contributed by atoms with Crippen LogP contribution in [0, 0.1) is 0 Å². The van der Waals surface area contributed by atoms with Crippen molar-refractivity contribution in [3.8, 4) is 34.3 Å². The summed E-state index contributed by atoms with van der Waals surface area (Å²) < 4.78 is 39.7. The Morgan fingerprint density at radius 2 is 1.43 bits per heavy atom. The fraction of sp³-hybridized carbons (Fsp3) is 0.531. The molecule has 3 aromatic rings. The van der Waals surface area contributed by atoms with Crippen LogP contribution in [0.25, 0.3) is 22.3 Å². The predicted molar refractivity (Wildman–Crippen MR) is 165 cm³/mol. The molecule has 14 atom stereocenters. The summed E-state index contributed by atoms with van der Waals surface area (Å²) in [5.41, 5.74) is -1.04. The third-order valence-electron chi connectivity index (χ3n) is 8.90. The van der Waals surface area contributed by atoms with Gasteiger partial charge in [-0.25, -0.2) is 0 Å². The van der Waals surface area contributed by atoms with Crippen molar-refractivity contribution < 1.29 is 89.0 Å². The number of hydrogen-bond donors (Lipinski definition) is 11. The Hall–Kier alpha value is -3.67. The maximum atomic E-state index is 13.9. The zero-order valence-electron chi connectivity index (χ0n) is 26.6. The van der Waals surface area contributed by atoms with Crippen molar-refractivity contribution in [1.29, 1.82) is 0 Å². The van der Waals surface area contributed by atoms with E-state index in [1.54, 1.807) is 0 Å². The maximum Gasteiger partial charge on any atom is 0.239 e. The summed E-state index contributed by atoms with van der Waals surface area (Å²) in [7, 11) is 0. The van der Waals surface area contributed by atoms with Crippen LogP contribution in [0.2, 0.25) is 0 Å². The summed E-state index contributed by atoms with van der Waals surface area (Å²) in [6, 6.07) is 7.26. The zero-order chi connectivity index (χ0) is 36.9. The largest absolute Gasteiger partial charge is 0.508 e. The number of phenolic OH excluding ortho intramolecular Hbond substituents is 3. The van der Waals surface area contributed by atoms with Crippen LogP contribution >= 0.6 is 0 Å². The van der Waals surface area contributed by atoms with Crippen LogP contribution in [-0.4, -0.2) is 155 Å². The zero-order valence-corrected chi connectivity index (χ0v) is 26.6. The van der Waals surface area contributed by atoms with Crippen molar-refractivity contribution in [3.05, 3.63) is 46.6 Å². The topological polar surface area (TPSA) is 308 Å². The van der Waals surface area contributed by atoms with Gasteiger partial charge in [-0.15, -0.1) is 0 Å². The molecule has 280 valence electrons. The molecule has 0 radical (unpaired) electrons. The van der Waals surface area contributed by atoms with E-state index in [2.05, 4.69) is 0 Å². The molecular weight excluding hydrogens is 688 g/mol. The van der Waals surface area contributed by atoms with E-state index in [0.29, 0.717) is 0 Å². The van der Waals surface area contributed by atoms with Gasteiger partial charge in [0.25, 0.3) is 0 Å². The second-order valence-corrected chi connectivity index (χ2v) is 12.5. The first kappa shape index (κ1) is 37.1. The number of benzene rings is 2. The number of aliphatic hydroxyl groups excluding tert-OH is 8. The van der Waals surface area contributed by atoms with Crippen LogP contribution in [0.4, 0.5) is 0 Å². The summed E-state index contributed by atoms with van der Waals surface area (Å²) in [5.74, 6) is -2.10. The van der Waals surface area contributed by atoms with Gasteiger partial charge in [0.15, 0.2) is 24.4 Å². The molecule has 11 N–H and O–H groups in total. The molecule has 0 amide bonds. The molecule has 3 fully saturated rings. The molecule has 0 bridgehead atoms. The highest BCUT2D eigenvalue weighted by Crippen LogP contribution is 2.38. The minimum absolute atomic E-state index is 0.129. The number of ether oxygens (including phenoxy) is 6. The molecule has 5 unspecified atom stereocenters. The Morgan fingerprint density at radius 3 is 2.14 bits per heavy atom. The Balaban J connectivity index is 1.30. The molecule has 19 nitrogen and oxygen atoms in total. The molecule has 4 heterocycles. The highest BCUT2D eigenvalue weighted by molar-refractivity contribution is 5.88. The average molecular weight is 727 g/mol. The van der Waals surface area contributed by atoms with E-state index in [1.807, 2.05) is 0 Å². The standard InChI is InChI=1S/C32H38O19/c1-10-19(37)24(42)29(51-31-26(44)23(41)21(39)17(49-31)9-46-30-25(43)20(38)15(36)8-45-30)32(47-10)50-28-22(40)18-14(35)6-13(34)7-16(18)48-27(28)11-2-4-12(33)5-3-11/h2-7,10,15,17,19-21,23-26,29-39,41-44H,8-9H2,1H3/t10?,15-,17?,19+,20+,21-,23+,24?,25?,26?,29+,30+,31+,32+/m1/s1. The van der Waals surface area contributed by atoms with Crippen molar-refractivity contribution in [2.75, 3.05) is 13.2 Å². The maximum absolute atomic E-state index is 13.9. The molecule has 1 aromatic heterocycles. The minimum atomic E-state index is -1.99. The van der Waals surface area contributed by atoms with Gasteiger partial charge in [-0.3, -0.25) is 4.79 Å². The molecule has 19 heteroatoms. The van der Waals surface area contributed by atoms with Crippen LogP contribution in [0.1, 0.15) is 6.92 Å². The third-order valence-corrected chi connectivity index (χ3v) is 8.90. The number of rotatable bonds is 8. The second-order valence-electron chi connectivity index (χ2n) is 12.5. The lowest BCUT2D eigenvalue weighted by Gasteiger charge is -2.46. The smallest absolute Gasteiger partial charge is 0.239 e. The SMILES string of the molecule is CC1O[C@@H](Oc2c(-c3ccc(O)cc3)oc3cc(O)cc(O)c3c2=O)[C@@H](O[C@@H]2OC(CO[C@@H]3OC[C@@H](O)[C@H](O)C3O)[C@@H](O)[C@H](O)C2O)C(O)[C@H]1O. The molecule has 3 saturated heterocycles. The molecule has 3 aliphatic rings. The van der Waals surface area contributed by atoms with Crippen LogP contribution in [0.15, 0.2) is 45.6 Å². The quantitative estimate of drug-likeness (QED) is 0.111. The van der Waals surface area contributed by atoms with Gasteiger partial charge in [-0.05, 0) is 31.2 Å². The molecule has 6 rings (SSSR count). The van der Waals surface area contributed by atoms with E-state index in [0.717, 1.165) is 12.1 Å². The fourth-order valence-electron chi connectivity index (χ4n) is 5.97. The van der Waals surface area contributed by atoms with E-state index in [9.17, 15) is 61.0 Å². The first-order chi connectivity index (χ1) is 24.2. The lowest BCUT2D eigenvalue weighted by atomic mass is 9.97. The summed E-state index contributed by atoms with van der Waals surface area (Å²) >= 11 is 0. The molecular formula is C32H38O19. The first-order valence-electron chi connectivity index (χ1n) is 15.8. The molecule has 0 saturated carbocycles. The van der Waals surface area contributed by atoms with E-state index >= 15 is 0 Å². The minimum Gasteiger partial charge on any atom is -0.508 e. The monoisotopic (exact) mass is 726 g/mol. The van der Waals surface area contributed by atoms with Crippen LogP contribution in [-0.2, 0) is 23.7 Å². The molecule has 0 spiro atoms. The van der Waals surface area contributed by atoms with Gasteiger partial charge in [0.2, 0.25) is 17.5 Å². The normalized spacial score (nSPS) is 37.4. The van der Waals surface area contributed by atoms with Crippen molar-refractivity contribution in [2.45, 2.75) is 92.9 Å². The number of fused-ring (bicyclic) bond motifs is 1. The molecule has 2 aromatic carbocycles. The van der Waals surface area contributed by atoms with Gasteiger partial charge in [0, 0.05) is 17.7 Å². The van der Waals surface area contributed by atoms with Gasteiger partial charge in [0.1, 0.15) is 83.2 Å². The molecule has 51 heavy (non-hydrogen) atoms.